The maximum absolute atomic E-state index is 13.6. The van der Waals surface area contributed by atoms with Crippen molar-refractivity contribution in [2.75, 3.05) is 9.96 Å². The van der Waals surface area contributed by atoms with Gasteiger partial charge in [0.1, 0.15) is 5.92 Å². The molecule has 0 aromatic heterocycles. The van der Waals surface area contributed by atoms with Crippen LogP contribution in [0.5, 0.6) is 0 Å². The molecule has 0 aliphatic carbocycles. The number of imide groups is 1. The Labute approximate surface area is 204 Å². The van der Waals surface area contributed by atoms with Crippen molar-refractivity contribution in [3.8, 4) is 0 Å². The van der Waals surface area contributed by atoms with E-state index >= 15 is 0 Å². The second-order valence-electron chi connectivity index (χ2n) is 8.12. The molecule has 34 heavy (non-hydrogen) atoms. The van der Waals surface area contributed by atoms with Gasteiger partial charge in [0.2, 0.25) is 5.91 Å². The summed E-state index contributed by atoms with van der Waals surface area (Å²) in [5.74, 6) is -1.88. The molecule has 3 aromatic carbocycles. The van der Waals surface area contributed by atoms with Crippen molar-refractivity contribution in [3.05, 3.63) is 98.0 Å². The lowest BCUT2D eigenvalue weighted by atomic mass is 9.90. The van der Waals surface area contributed by atoms with E-state index < -0.39 is 34.8 Å². The standard InChI is InChI=1S/C24H17Cl2N3O5/c1-13-4-2-5-15(10-13)27-23(30)20-21(18-9-8-14(25)11-19(18)26)28(34-22(20)24(27)31)16-6-3-7-17(12-16)29(32)33/h2-12,20-22H,1H3/t20-,21-,22-/m1/s1. The van der Waals surface area contributed by atoms with Gasteiger partial charge >= 0.3 is 0 Å². The van der Waals surface area contributed by atoms with Gasteiger partial charge < -0.3 is 0 Å². The normalized spacial score (nSPS) is 21.8. The van der Waals surface area contributed by atoms with Crippen molar-refractivity contribution < 1.29 is 19.3 Å². The number of fused-ring (bicyclic) bond motifs is 1. The first-order chi connectivity index (χ1) is 16.3. The minimum Gasteiger partial charge on any atom is -0.273 e. The Kier molecular flexibility index (Phi) is 5.51. The Bertz CT molecular complexity index is 1350. The van der Waals surface area contributed by atoms with Gasteiger partial charge in [-0.1, -0.05) is 47.5 Å². The summed E-state index contributed by atoms with van der Waals surface area (Å²) in [7, 11) is 0. The molecule has 10 heteroatoms. The maximum Gasteiger partial charge on any atom is 0.271 e. The fourth-order valence-corrected chi connectivity index (χ4v) is 4.98. The molecule has 3 aromatic rings. The third-order valence-corrected chi connectivity index (χ3v) is 6.51. The van der Waals surface area contributed by atoms with E-state index in [0.29, 0.717) is 22.0 Å². The summed E-state index contributed by atoms with van der Waals surface area (Å²) in [4.78, 5) is 45.0. The van der Waals surface area contributed by atoms with Gasteiger partial charge in [-0.05, 0) is 48.4 Å². The predicted molar refractivity (Wildman–Crippen MR) is 127 cm³/mol. The Balaban J connectivity index is 1.63. The van der Waals surface area contributed by atoms with Crippen LogP contribution in [-0.4, -0.2) is 22.8 Å². The minimum absolute atomic E-state index is 0.154. The number of nitro benzene ring substituents is 1. The van der Waals surface area contributed by atoms with Crippen molar-refractivity contribution in [1.82, 2.24) is 0 Å². The van der Waals surface area contributed by atoms with Crippen LogP contribution >= 0.6 is 23.2 Å². The molecule has 0 N–H and O–H groups in total. The highest BCUT2D eigenvalue weighted by molar-refractivity contribution is 6.35. The lowest BCUT2D eigenvalue weighted by Gasteiger charge is -2.29. The van der Waals surface area contributed by atoms with Gasteiger partial charge in [-0.3, -0.25) is 24.5 Å². The average Bonchev–Trinajstić information content (AvgIpc) is 3.30. The Morgan fingerprint density at radius 2 is 1.68 bits per heavy atom. The summed E-state index contributed by atoms with van der Waals surface area (Å²) in [5.41, 5.74) is 2.03. The molecule has 8 nitrogen and oxygen atoms in total. The first-order valence-electron chi connectivity index (χ1n) is 10.4. The zero-order chi connectivity index (χ0) is 24.1. The smallest absolute Gasteiger partial charge is 0.271 e. The molecule has 0 unspecified atom stereocenters. The van der Waals surface area contributed by atoms with E-state index in [2.05, 4.69) is 0 Å². The van der Waals surface area contributed by atoms with E-state index in [-0.39, 0.29) is 10.7 Å². The number of hydrogen-bond acceptors (Lipinski definition) is 6. The molecule has 2 aliphatic rings. The van der Waals surface area contributed by atoms with Gasteiger partial charge in [0.15, 0.2) is 6.10 Å². The second-order valence-corrected chi connectivity index (χ2v) is 8.96. The molecule has 2 amide bonds. The van der Waals surface area contributed by atoms with Gasteiger partial charge in [0.25, 0.3) is 11.6 Å². The van der Waals surface area contributed by atoms with Crippen molar-refractivity contribution in [2.45, 2.75) is 19.1 Å². The third kappa shape index (κ3) is 3.60. The summed E-state index contributed by atoms with van der Waals surface area (Å²) >= 11 is 12.6. The number of carbonyl (C=O) groups excluding carboxylic acids is 2. The Hall–Kier alpha value is -3.46. The maximum atomic E-state index is 13.6. The second kappa shape index (κ2) is 8.39. The predicted octanol–water partition coefficient (Wildman–Crippen LogP) is 5.26. The minimum atomic E-state index is -1.12. The zero-order valence-electron chi connectivity index (χ0n) is 17.7. The summed E-state index contributed by atoms with van der Waals surface area (Å²) in [6.45, 7) is 1.87. The van der Waals surface area contributed by atoms with Gasteiger partial charge in [-0.25, -0.2) is 9.96 Å². The highest BCUT2D eigenvalue weighted by atomic mass is 35.5. The van der Waals surface area contributed by atoms with Crippen LogP contribution in [0.25, 0.3) is 0 Å². The number of benzene rings is 3. The first-order valence-corrected chi connectivity index (χ1v) is 11.1. The number of hydroxylamine groups is 1. The number of nitrogens with zero attached hydrogens (tertiary/aromatic N) is 3. The van der Waals surface area contributed by atoms with E-state index in [9.17, 15) is 19.7 Å². The molecule has 0 spiro atoms. The van der Waals surface area contributed by atoms with Crippen LogP contribution in [0, 0.1) is 23.0 Å². The average molecular weight is 498 g/mol. The fraction of sp³-hybridized carbons (Fsp3) is 0.167. The molecule has 0 radical (unpaired) electrons. The molecule has 0 bridgehead atoms. The van der Waals surface area contributed by atoms with Gasteiger partial charge in [0.05, 0.1) is 22.3 Å². The van der Waals surface area contributed by atoms with Gasteiger partial charge in [0, 0.05) is 22.2 Å². The fourth-order valence-electron chi connectivity index (χ4n) is 4.46. The van der Waals surface area contributed by atoms with Crippen molar-refractivity contribution in [1.29, 1.82) is 0 Å². The van der Waals surface area contributed by atoms with Crippen LogP contribution in [0.1, 0.15) is 17.2 Å². The molecule has 2 aliphatic heterocycles. The third-order valence-electron chi connectivity index (χ3n) is 5.95. The largest absolute Gasteiger partial charge is 0.273 e. The van der Waals surface area contributed by atoms with Crippen LogP contribution in [0.15, 0.2) is 66.7 Å². The van der Waals surface area contributed by atoms with E-state index in [1.54, 1.807) is 36.4 Å². The summed E-state index contributed by atoms with van der Waals surface area (Å²) in [5, 5.41) is 13.4. The number of anilines is 2. The molecule has 2 heterocycles. The molecule has 2 fully saturated rings. The van der Waals surface area contributed by atoms with E-state index in [4.69, 9.17) is 28.0 Å². The van der Waals surface area contributed by atoms with E-state index in [0.717, 1.165) is 10.5 Å². The van der Waals surface area contributed by atoms with Crippen LogP contribution in [0.2, 0.25) is 10.0 Å². The Morgan fingerprint density at radius 3 is 2.38 bits per heavy atom. The molecule has 2 saturated heterocycles. The van der Waals surface area contributed by atoms with E-state index in [1.165, 1.54) is 29.3 Å². The molecular weight excluding hydrogens is 481 g/mol. The quantitative estimate of drug-likeness (QED) is 0.277. The van der Waals surface area contributed by atoms with Crippen molar-refractivity contribution >= 4 is 52.1 Å². The molecule has 172 valence electrons. The topological polar surface area (TPSA) is 93.0 Å². The molecule has 0 saturated carbocycles. The highest BCUT2D eigenvalue weighted by Crippen LogP contribution is 2.49. The summed E-state index contributed by atoms with van der Waals surface area (Å²) in [6.07, 6.45) is -1.12. The Morgan fingerprint density at radius 1 is 0.941 bits per heavy atom. The monoisotopic (exact) mass is 497 g/mol. The lowest BCUT2D eigenvalue weighted by Crippen LogP contribution is -2.37. The van der Waals surface area contributed by atoms with Crippen molar-refractivity contribution in [3.63, 3.8) is 0 Å². The SMILES string of the molecule is Cc1cccc(N2C(=O)[C@@H]3[C@@H](c4ccc(Cl)cc4Cl)N(c4cccc([N+](=O)[O-])c4)O[C@H]3C2=O)c1. The van der Waals surface area contributed by atoms with Gasteiger partial charge in [-0.15, -0.1) is 0 Å². The summed E-state index contributed by atoms with van der Waals surface area (Å²) < 4.78 is 0. The molecule has 3 atom stereocenters. The van der Waals surface area contributed by atoms with Crippen LogP contribution in [0.3, 0.4) is 0 Å². The van der Waals surface area contributed by atoms with E-state index in [1.807, 2.05) is 13.0 Å². The van der Waals surface area contributed by atoms with Crippen LogP contribution < -0.4 is 9.96 Å². The first kappa shape index (κ1) is 22.3. The summed E-state index contributed by atoms with van der Waals surface area (Å²) in [6, 6.07) is 16.9. The molecular formula is C24H17Cl2N3O5. The van der Waals surface area contributed by atoms with Crippen molar-refractivity contribution in [2.24, 2.45) is 5.92 Å². The number of halogens is 2. The van der Waals surface area contributed by atoms with Gasteiger partial charge in [-0.2, -0.15) is 0 Å². The number of amides is 2. The van der Waals surface area contributed by atoms with Crippen LogP contribution in [0.4, 0.5) is 17.1 Å². The zero-order valence-corrected chi connectivity index (χ0v) is 19.2. The number of non-ortho nitro benzene ring substituents is 1. The lowest BCUT2D eigenvalue weighted by molar-refractivity contribution is -0.384. The number of rotatable bonds is 4. The van der Waals surface area contributed by atoms with Crippen LogP contribution in [-0.2, 0) is 14.4 Å². The number of carbonyl (C=O) groups is 2. The highest BCUT2D eigenvalue weighted by Gasteiger charge is 2.60. The number of nitro groups is 1. The molecule has 5 rings (SSSR count). The number of hydrogen-bond donors (Lipinski definition) is 0. The number of aryl methyl sites for hydroxylation is 1.